The Kier molecular flexibility index (Phi) is 5.01. The van der Waals surface area contributed by atoms with Crippen LogP contribution in [0.4, 0.5) is 0 Å². The van der Waals surface area contributed by atoms with Crippen LogP contribution in [0.3, 0.4) is 0 Å². The first-order valence-electron chi connectivity index (χ1n) is 4.87. The molecule has 0 spiro atoms. The number of aliphatic carboxylic acids is 1. The molecule has 0 atom stereocenters. The Labute approximate surface area is 93.6 Å². The van der Waals surface area contributed by atoms with Crippen LogP contribution < -0.4 is 10.5 Å². The van der Waals surface area contributed by atoms with Crippen LogP contribution in [-0.4, -0.2) is 37.0 Å². The van der Waals surface area contributed by atoms with E-state index in [-0.39, 0.29) is 6.61 Å². The number of carbonyl (C=O) groups is 1. The minimum Gasteiger partial charge on any atom is -0.481 e. The van der Waals surface area contributed by atoms with E-state index in [1.54, 1.807) is 24.4 Å². The van der Waals surface area contributed by atoms with Gasteiger partial charge in [-0.2, -0.15) is 0 Å². The second-order valence-electron chi connectivity index (χ2n) is 3.04. The van der Waals surface area contributed by atoms with Crippen molar-refractivity contribution < 1.29 is 14.6 Å². The second kappa shape index (κ2) is 6.58. The summed E-state index contributed by atoms with van der Waals surface area (Å²) in [6.07, 6.45) is 1.63. The third-order valence-electron chi connectivity index (χ3n) is 1.76. The lowest BCUT2D eigenvalue weighted by atomic mass is 10.2. The lowest BCUT2D eigenvalue weighted by Gasteiger charge is -2.05. The number of ether oxygens (including phenoxy) is 1. The van der Waals surface area contributed by atoms with Crippen molar-refractivity contribution in [3.63, 3.8) is 0 Å². The predicted octanol–water partition coefficient (Wildman–Crippen LogP) is 0.528. The van der Waals surface area contributed by atoms with Gasteiger partial charge in [0.15, 0.2) is 6.61 Å². The van der Waals surface area contributed by atoms with E-state index in [0.717, 1.165) is 5.56 Å². The maximum absolute atomic E-state index is 10.4. The van der Waals surface area contributed by atoms with Crippen molar-refractivity contribution in [1.29, 1.82) is 0 Å². The van der Waals surface area contributed by atoms with Crippen molar-refractivity contribution in [3.8, 4) is 5.75 Å². The van der Waals surface area contributed by atoms with E-state index in [1.165, 1.54) is 0 Å². The average molecular weight is 222 g/mol. The summed E-state index contributed by atoms with van der Waals surface area (Å²) in [5.74, 6) is -0.501. The van der Waals surface area contributed by atoms with E-state index < -0.39 is 5.97 Å². The highest BCUT2D eigenvalue weighted by atomic mass is 16.5. The zero-order valence-electron chi connectivity index (χ0n) is 8.80. The van der Waals surface area contributed by atoms with Gasteiger partial charge in [0, 0.05) is 18.3 Å². The second-order valence-corrected chi connectivity index (χ2v) is 3.04. The topological polar surface area (TPSA) is 84.9 Å². The maximum Gasteiger partial charge on any atom is 0.341 e. The van der Waals surface area contributed by atoms with Crippen LogP contribution >= 0.6 is 0 Å². The molecule has 0 saturated heterocycles. The zero-order valence-corrected chi connectivity index (χ0v) is 8.80. The fourth-order valence-electron chi connectivity index (χ4n) is 1.10. The lowest BCUT2D eigenvalue weighted by molar-refractivity contribution is -0.139. The summed E-state index contributed by atoms with van der Waals surface area (Å²) < 4.78 is 5.11. The average Bonchev–Trinajstić information content (AvgIpc) is 2.28. The third kappa shape index (κ3) is 4.10. The molecular weight excluding hydrogens is 208 g/mol. The molecule has 1 aromatic rings. The monoisotopic (exact) mass is 222 g/mol. The minimum absolute atomic E-state index is 0.359. The molecule has 86 valence electrons. The molecule has 0 fully saturated rings. The van der Waals surface area contributed by atoms with Gasteiger partial charge in [0.05, 0.1) is 6.54 Å². The van der Waals surface area contributed by atoms with Crippen LogP contribution in [-0.2, 0) is 4.79 Å². The molecule has 0 aromatic heterocycles. The highest BCUT2D eigenvalue weighted by molar-refractivity contribution is 5.83. The van der Waals surface area contributed by atoms with Gasteiger partial charge in [-0.1, -0.05) is 12.1 Å². The SMILES string of the molecule is NCCN=Cc1ccccc1OCC(=O)O. The largest absolute Gasteiger partial charge is 0.481 e. The number of hydrogen-bond acceptors (Lipinski definition) is 4. The van der Waals surface area contributed by atoms with E-state index >= 15 is 0 Å². The van der Waals surface area contributed by atoms with Gasteiger partial charge in [0.2, 0.25) is 0 Å². The first-order valence-corrected chi connectivity index (χ1v) is 4.87. The molecule has 0 aliphatic heterocycles. The number of hydrogen-bond donors (Lipinski definition) is 2. The number of nitrogens with zero attached hydrogens (tertiary/aromatic N) is 1. The standard InChI is InChI=1S/C11H14N2O3/c12-5-6-13-7-9-3-1-2-4-10(9)16-8-11(14)15/h1-4,7H,5-6,8,12H2,(H,14,15). The molecule has 16 heavy (non-hydrogen) atoms. The van der Waals surface area contributed by atoms with Gasteiger partial charge in [-0.25, -0.2) is 4.79 Å². The molecule has 0 heterocycles. The van der Waals surface area contributed by atoms with Crippen molar-refractivity contribution in [2.45, 2.75) is 0 Å². The summed E-state index contributed by atoms with van der Waals surface area (Å²) in [5.41, 5.74) is 6.05. The van der Waals surface area contributed by atoms with Gasteiger partial charge in [-0.15, -0.1) is 0 Å². The summed E-state index contributed by atoms with van der Waals surface area (Å²) in [5, 5.41) is 8.50. The fraction of sp³-hybridized carbons (Fsp3) is 0.273. The van der Waals surface area contributed by atoms with E-state index in [4.69, 9.17) is 15.6 Å². The fourth-order valence-corrected chi connectivity index (χ4v) is 1.10. The summed E-state index contributed by atoms with van der Waals surface area (Å²) in [6.45, 7) is 0.656. The molecule has 3 N–H and O–H groups in total. The van der Waals surface area contributed by atoms with Crippen molar-refractivity contribution >= 4 is 12.2 Å². The molecule has 0 aliphatic rings. The van der Waals surface area contributed by atoms with Crippen molar-refractivity contribution in [2.24, 2.45) is 10.7 Å². The summed E-state index contributed by atoms with van der Waals surface area (Å²) in [6, 6.07) is 7.11. The zero-order chi connectivity index (χ0) is 11.8. The Morgan fingerprint density at radius 2 is 2.25 bits per heavy atom. The number of para-hydroxylation sites is 1. The molecule has 0 saturated carbocycles. The molecule has 0 unspecified atom stereocenters. The van der Waals surface area contributed by atoms with E-state index in [2.05, 4.69) is 4.99 Å². The minimum atomic E-state index is -1.01. The number of carboxylic acid groups (broad SMARTS) is 1. The van der Waals surface area contributed by atoms with Crippen LogP contribution in [0.2, 0.25) is 0 Å². The van der Waals surface area contributed by atoms with Gasteiger partial charge in [-0.05, 0) is 12.1 Å². The van der Waals surface area contributed by atoms with Crippen molar-refractivity contribution in [2.75, 3.05) is 19.7 Å². The van der Waals surface area contributed by atoms with Gasteiger partial charge in [-0.3, -0.25) is 4.99 Å². The third-order valence-corrected chi connectivity index (χ3v) is 1.76. The van der Waals surface area contributed by atoms with Gasteiger partial charge < -0.3 is 15.6 Å². The van der Waals surface area contributed by atoms with Crippen LogP contribution in [0.5, 0.6) is 5.75 Å². The maximum atomic E-state index is 10.4. The number of benzene rings is 1. The first kappa shape index (κ1) is 12.2. The molecule has 5 nitrogen and oxygen atoms in total. The molecule has 5 heteroatoms. The first-order chi connectivity index (χ1) is 7.74. The number of nitrogens with two attached hydrogens (primary N) is 1. The molecule has 1 rings (SSSR count). The number of carboxylic acids is 1. The number of aliphatic imine (C=N–C) groups is 1. The Bertz CT molecular complexity index is 377. The molecule has 0 amide bonds. The summed E-state index contributed by atoms with van der Waals surface area (Å²) in [4.78, 5) is 14.4. The van der Waals surface area contributed by atoms with Crippen LogP contribution in [0, 0.1) is 0 Å². The Morgan fingerprint density at radius 3 is 2.94 bits per heavy atom. The van der Waals surface area contributed by atoms with Crippen LogP contribution in [0.25, 0.3) is 0 Å². The Morgan fingerprint density at radius 1 is 1.50 bits per heavy atom. The van der Waals surface area contributed by atoms with Crippen LogP contribution in [0.1, 0.15) is 5.56 Å². The predicted molar refractivity (Wildman–Crippen MR) is 61.1 cm³/mol. The highest BCUT2D eigenvalue weighted by Gasteiger charge is 2.02. The normalized spacial score (nSPS) is 10.6. The summed E-state index contributed by atoms with van der Waals surface area (Å²) in [7, 11) is 0. The molecule has 0 bridgehead atoms. The smallest absolute Gasteiger partial charge is 0.341 e. The molecule has 0 radical (unpaired) electrons. The summed E-state index contributed by atoms with van der Waals surface area (Å²) >= 11 is 0. The van der Waals surface area contributed by atoms with E-state index in [1.807, 2.05) is 6.07 Å². The van der Waals surface area contributed by atoms with Crippen LogP contribution in [0.15, 0.2) is 29.3 Å². The highest BCUT2D eigenvalue weighted by Crippen LogP contribution is 2.15. The molecular formula is C11H14N2O3. The molecule has 1 aromatic carbocycles. The van der Waals surface area contributed by atoms with Gasteiger partial charge in [0.1, 0.15) is 5.75 Å². The van der Waals surface area contributed by atoms with Crippen molar-refractivity contribution in [3.05, 3.63) is 29.8 Å². The van der Waals surface area contributed by atoms with E-state index in [9.17, 15) is 4.79 Å². The molecule has 0 aliphatic carbocycles. The Balaban J connectivity index is 2.71. The van der Waals surface area contributed by atoms with Gasteiger partial charge in [0.25, 0.3) is 0 Å². The Hall–Kier alpha value is -1.88. The van der Waals surface area contributed by atoms with Crippen molar-refractivity contribution in [1.82, 2.24) is 0 Å². The van der Waals surface area contributed by atoms with Gasteiger partial charge >= 0.3 is 5.97 Å². The lowest BCUT2D eigenvalue weighted by Crippen LogP contribution is -2.10. The van der Waals surface area contributed by atoms with E-state index in [0.29, 0.717) is 18.8 Å². The quantitative estimate of drug-likeness (QED) is 0.687. The number of rotatable bonds is 6.